The molecule has 4 rings (SSSR count). The summed E-state index contributed by atoms with van der Waals surface area (Å²) in [7, 11) is -15.3. The van der Waals surface area contributed by atoms with Gasteiger partial charge in [0, 0.05) is 74.7 Å². The Morgan fingerprint density at radius 3 is 1.00 bits per heavy atom. The number of rotatable bonds is 30. The second-order valence-electron chi connectivity index (χ2n) is 16.9. The Bertz CT molecular complexity index is 3030. The summed E-state index contributed by atoms with van der Waals surface area (Å²) < 4.78 is 92.2. The van der Waals surface area contributed by atoms with Crippen LogP contribution in [-0.2, 0) is 58.8 Å². The number of carboxylic acids is 3. The van der Waals surface area contributed by atoms with Crippen LogP contribution in [0.3, 0.4) is 0 Å². The number of unbranched alkanes of at least 4 members (excludes halogenated alkanes) is 3. The number of hydrogen-bond acceptors (Lipinski definition) is 16. The second kappa shape index (κ2) is 29.9. The molecule has 0 bridgehead atoms. The number of carboxylic acid groups (broad SMARTS) is 3. The number of phenolic OH excluding ortho intramolecular Hbond substituents is 1. The number of carbonyl (C=O) groups excluding carboxylic acids is 6. The minimum absolute atomic E-state index is 0. The summed E-state index contributed by atoms with van der Waals surface area (Å²) in [6, 6.07) is 0.265. The molecule has 0 aliphatic rings. The third kappa shape index (κ3) is 18.0. The summed E-state index contributed by atoms with van der Waals surface area (Å²) in [6.07, 6.45) is -0.350. The molecule has 0 spiro atoms. The molecule has 7 N–H and O–H groups in total. The zero-order valence-corrected chi connectivity index (χ0v) is 50.5. The predicted octanol–water partition coefficient (Wildman–Crippen LogP) is -9.92. The fraction of sp³-hybridized carbons (Fsp3) is 0.391. The van der Waals surface area contributed by atoms with E-state index in [1.54, 1.807) is 0 Å². The van der Waals surface area contributed by atoms with Gasteiger partial charge in [0.15, 0.2) is 0 Å². The van der Waals surface area contributed by atoms with Crippen molar-refractivity contribution < 1.29 is 163 Å². The fourth-order valence-corrected chi connectivity index (χ4v) is 11.9. The molecule has 0 fully saturated rings. The van der Waals surface area contributed by atoms with Crippen molar-refractivity contribution in [3.05, 3.63) is 72.9 Å². The standard InChI is InChI=1S/C46H58N6O16S3.3Na/c1-25(2)41(54)47-20-10-7-13-32(44(57)58)50-69(63,64)36-23-35(53)28-16-17-30-37(70(65,66)51-33(45(59)60)14-8-11-21-48-42(55)26(3)4)24-38(31-19-18-29(36)39(28)40(30)31)71(67,68)52-34(46(61)62)15-9-12-22-49-43(56)27(5)6;;;/h16-19,23-24,32-34,50-53H,1,3,5,7-15,20-22H2,2,4,6H3,(H,47,54)(H,48,55)(H,49,56)(H,57,58)(H,59,60)(H,61,62);;;/q;3*+1/p-3. The molecular formula is C46H55N6Na3O16S3. The number of carbonyl (C=O) groups is 6. The number of hydrogen-bond donors (Lipinski definition) is 7. The molecule has 0 saturated carbocycles. The van der Waals surface area contributed by atoms with Gasteiger partial charge in [-0.25, -0.2) is 39.4 Å². The molecule has 0 aromatic heterocycles. The second-order valence-corrected chi connectivity index (χ2v) is 22.0. The van der Waals surface area contributed by atoms with E-state index in [1.165, 1.54) is 26.8 Å². The van der Waals surface area contributed by atoms with Gasteiger partial charge < -0.3 is 50.8 Å². The fourth-order valence-electron chi connectivity index (χ4n) is 7.45. The van der Waals surface area contributed by atoms with E-state index in [0.29, 0.717) is 6.07 Å². The van der Waals surface area contributed by atoms with Crippen LogP contribution in [0.5, 0.6) is 5.75 Å². The number of phenols is 1. The molecule has 3 unspecified atom stereocenters. The van der Waals surface area contributed by atoms with Gasteiger partial charge in [-0.15, -0.1) is 0 Å². The zero-order valence-electron chi connectivity index (χ0n) is 42.1. The van der Waals surface area contributed by atoms with E-state index in [-0.39, 0.29) is 215 Å². The summed E-state index contributed by atoms with van der Waals surface area (Å²) in [4.78, 5) is 70.0. The number of benzene rings is 4. The van der Waals surface area contributed by atoms with Crippen LogP contribution in [-0.4, -0.2) is 104 Å². The van der Waals surface area contributed by atoms with Crippen LogP contribution in [0.25, 0.3) is 32.3 Å². The van der Waals surface area contributed by atoms with Gasteiger partial charge in [0.2, 0.25) is 47.8 Å². The minimum atomic E-state index is -5.16. The summed E-state index contributed by atoms with van der Waals surface area (Å²) in [5.74, 6) is -7.67. The third-order valence-electron chi connectivity index (χ3n) is 11.2. The van der Waals surface area contributed by atoms with Gasteiger partial charge in [0.05, 0.1) is 50.7 Å². The topological polar surface area (TPSA) is 366 Å². The van der Waals surface area contributed by atoms with Gasteiger partial charge in [-0.05, 0) is 90.7 Å². The molecule has 28 heteroatoms. The SMILES string of the molecule is C=C(C)C(=O)NCCCCC(NS(=O)(=O)c1cc(O)c2ccc3c(S(=O)(=O)NC(CCCCNC(=O)C(=C)C)C(=O)[O-])cc(S(=O)(=O)NC(CCCCNC(=O)C(=C)C)C(=O)[O-])c4ccc1c2c34)C(=O)[O-].[Na+].[Na+].[Na+]. The number of amides is 3. The van der Waals surface area contributed by atoms with Crippen LogP contribution in [0.15, 0.2) is 87.5 Å². The summed E-state index contributed by atoms with van der Waals surface area (Å²) in [6.45, 7) is 15.2. The van der Waals surface area contributed by atoms with Gasteiger partial charge in [0.25, 0.3) is 0 Å². The van der Waals surface area contributed by atoms with Crippen molar-refractivity contribution in [2.24, 2.45) is 0 Å². The van der Waals surface area contributed by atoms with E-state index in [2.05, 4.69) is 35.7 Å². The predicted molar refractivity (Wildman–Crippen MR) is 254 cm³/mol. The number of nitrogens with one attached hydrogen (secondary N) is 6. The Balaban J connectivity index is 0.00000913. The average Bonchev–Trinajstić information content (AvgIpc) is 3.28. The maximum absolute atomic E-state index is 14.5. The Morgan fingerprint density at radius 2 is 0.730 bits per heavy atom. The summed E-state index contributed by atoms with van der Waals surface area (Å²) >= 11 is 0. The van der Waals surface area contributed by atoms with Gasteiger partial charge in [-0.1, -0.05) is 37.9 Å². The van der Waals surface area contributed by atoms with E-state index >= 15 is 0 Å². The van der Waals surface area contributed by atoms with Crippen molar-refractivity contribution in [3.63, 3.8) is 0 Å². The maximum Gasteiger partial charge on any atom is 1.00 e. The van der Waals surface area contributed by atoms with E-state index < -0.39 is 104 Å². The van der Waals surface area contributed by atoms with Crippen molar-refractivity contribution in [2.75, 3.05) is 19.6 Å². The van der Waals surface area contributed by atoms with Crippen molar-refractivity contribution >= 4 is 98.0 Å². The van der Waals surface area contributed by atoms with E-state index in [4.69, 9.17) is 0 Å². The molecule has 0 heterocycles. The van der Waals surface area contributed by atoms with Crippen molar-refractivity contribution in [1.29, 1.82) is 0 Å². The molecule has 0 aliphatic carbocycles. The van der Waals surface area contributed by atoms with E-state index in [1.807, 2.05) is 14.2 Å². The first-order chi connectivity index (χ1) is 33.1. The smallest absolute Gasteiger partial charge is 0.548 e. The van der Waals surface area contributed by atoms with Gasteiger partial charge in [-0.3, -0.25) is 14.4 Å². The summed E-state index contributed by atoms with van der Waals surface area (Å²) in [5, 5.41) is 54.4. The third-order valence-corrected chi connectivity index (χ3v) is 15.7. The monoisotopic (exact) mass is 1110 g/mol. The molecule has 386 valence electrons. The van der Waals surface area contributed by atoms with Crippen LogP contribution in [0, 0.1) is 0 Å². The van der Waals surface area contributed by atoms with E-state index in [0.717, 1.165) is 24.3 Å². The Hall–Kier alpha value is -3.51. The van der Waals surface area contributed by atoms with Crippen LogP contribution in [0.4, 0.5) is 0 Å². The Morgan fingerprint density at radius 1 is 0.473 bits per heavy atom. The largest absolute Gasteiger partial charge is 1.00 e. The van der Waals surface area contributed by atoms with Crippen LogP contribution in [0.1, 0.15) is 78.6 Å². The molecule has 0 radical (unpaired) electrons. The molecule has 4 aromatic carbocycles. The molecule has 3 atom stereocenters. The molecular weight excluding hydrogens is 1060 g/mol. The molecule has 4 aromatic rings. The van der Waals surface area contributed by atoms with Crippen LogP contribution >= 0.6 is 0 Å². The quantitative estimate of drug-likeness (QED) is 0.0110. The van der Waals surface area contributed by atoms with Crippen molar-refractivity contribution in [1.82, 2.24) is 30.1 Å². The number of sulfonamides is 3. The van der Waals surface area contributed by atoms with Crippen molar-refractivity contribution in [3.8, 4) is 5.75 Å². The molecule has 3 amide bonds. The van der Waals surface area contributed by atoms with Crippen LogP contribution < -0.4 is 134 Å². The first-order valence-electron chi connectivity index (χ1n) is 22.1. The maximum atomic E-state index is 14.5. The molecule has 0 aliphatic heterocycles. The normalized spacial score (nSPS) is 12.8. The van der Waals surface area contributed by atoms with Gasteiger partial charge in [-0.2, -0.15) is 0 Å². The van der Waals surface area contributed by atoms with E-state index in [9.17, 15) is 74.4 Å². The average molecular weight is 1110 g/mol. The first-order valence-corrected chi connectivity index (χ1v) is 26.5. The number of aromatic hydroxyl groups is 1. The first kappa shape index (κ1) is 68.5. The van der Waals surface area contributed by atoms with Gasteiger partial charge >= 0.3 is 88.7 Å². The Kier molecular flexibility index (Phi) is 27.6. The number of aliphatic carboxylic acids is 3. The molecule has 74 heavy (non-hydrogen) atoms. The Labute approximate surface area is 495 Å². The van der Waals surface area contributed by atoms with Crippen molar-refractivity contribution in [2.45, 2.75) is 111 Å². The van der Waals surface area contributed by atoms with Gasteiger partial charge in [0.1, 0.15) is 5.75 Å². The molecule has 22 nitrogen and oxygen atoms in total. The summed E-state index contributed by atoms with van der Waals surface area (Å²) in [5.41, 5.74) is 0.662. The molecule has 0 saturated heterocycles. The zero-order chi connectivity index (χ0) is 53.2. The van der Waals surface area contributed by atoms with Crippen LogP contribution in [0.2, 0.25) is 0 Å². The minimum Gasteiger partial charge on any atom is -0.548 e.